The zero-order chi connectivity index (χ0) is 13.8. The van der Waals surface area contributed by atoms with Gasteiger partial charge < -0.3 is 9.30 Å². The Balaban J connectivity index is 2.08. The van der Waals surface area contributed by atoms with Gasteiger partial charge in [0, 0.05) is 12.3 Å². The molecule has 4 nitrogen and oxygen atoms in total. The fraction of sp³-hybridized carbons (Fsp3) is 0.385. The summed E-state index contributed by atoms with van der Waals surface area (Å²) in [6.45, 7) is 4.80. The van der Waals surface area contributed by atoms with Gasteiger partial charge >= 0.3 is 0 Å². The Labute approximate surface area is 116 Å². The van der Waals surface area contributed by atoms with Crippen molar-refractivity contribution in [3.63, 3.8) is 0 Å². The van der Waals surface area contributed by atoms with Crippen LogP contribution in [0.3, 0.4) is 0 Å². The third-order valence-electron chi connectivity index (χ3n) is 2.80. The third-order valence-corrected chi connectivity index (χ3v) is 3.84. The van der Waals surface area contributed by atoms with Crippen LogP contribution in [0.4, 0.5) is 4.39 Å². The number of thioether (sulfide) groups is 1. The van der Waals surface area contributed by atoms with Gasteiger partial charge in [-0.1, -0.05) is 17.8 Å². The first kappa shape index (κ1) is 13.9. The minimum Gasteiger partial charge on any atom is -0.494 e. The van der Waals surface area contributed by atoms with Crippen LogP contribution in [0.1, 0.15) is 18.3 Å². The molecule has 2 aromatic rings. The van der Waals surface area contributed by atoms with E-state index in [0.717, 1.165) is 23.1 Å². The number of nitrogens with zero attached hydrogens (tertiary/aromatic N) is 3. The van der Waals surface area contributed by atoms with Gasteiger partial charge in [-0.05, 0) is 31.5 Å². The number of aryl methyl sites for hydroxylation is 1. The fourth-order valence-electron chi connectivity index (χ4n) is 1.78. The first-order chi connectivity index (χ1) is 9.15. The van der Waals surface area contributed by atoms with Crippen molar-refractivity contribution in [2.75, 3.05) is 7.11 Å². The molecule has 1 aromatic carbocycles. The van der Waals surface area contributed by atoms with Crippen molar-refractivity contribution in [1.29, 1.82) is 0 Å². The Hall–Kier alpha value is -1.56. The van der Waals surface area contributed by atoms with Crippen molar-refractivity contribution in [2.45, 2.75) is 31.3 Å². The average molecular weight is 281 g/mol. The van der Waals surface area contributed by atoms with Gasteiger partial charge in [0.05, 0.1) is 7.11 Å². The minimum absolute atomic E-state index is 0.265. The molecule has 0 saturated heterocycles. The van der Waals surface area contributed by atoms with Crippen molar-refractivity contribution in [2.24, 2.45) is 0 Å². The van der Waals surface area contributed by atoms with Gasteiger partial charge in [-0.15, -0.1) is 10.2 Å². The molecular formula is C13H16FN3OS. The van der Waals surface area contributed by atoms with E-state index in [0.29, 0.717) is 5.75 Å². The molecule has 6 heteroatoms. The molecule has 0 amide bonds. The molecule has 0 fully saturated rings. The number of methoxy groups -OCH3 is 1. The number of benzene rings is 1. The van der Waals surface area contributed by atoms with Crippen LogP contribution >= 0.6 is 11.8 Å². The van der Waals surface area contributed by atoms with E-state index in [9.17, 15) is 4.39 Å². The molecule has 0 aliphatic rings. The van der Waals surface area contributed by atoms with Crippen molar-refractivity contribution in [1.82, 2.24) is 14.8 Å². The number of hydrogen-bond donors (Lipinski definition) is 0. The predicted molar refractivity (Wildman–Crippen MR) is 72.9 cm³/mol. The highest BCUT2D eigenvalue weighted by Gasteiger charge is 2.09. The summed E-state index contributed by atoms with van der Waals surface area (Å²) in [4.78, 5) is 0. The zero-order valence-corrected chi connectivity index (χ0v) is 12.0. The first-order valence-electron chi connectivity index (χ1n) is 6.00. The number of aromatic nitrogens is 3. The van der Waals surface area contributed by atoms with Gasteiger partial charge in [-0.25, -0.2) is 4.39 Å². The second kappa shape index (κ2) is 6.06. The van der Waals surface area contributed by atoms with Gasteiger partial charge in [0.2, 0.25) is 0 Å². The Morgan fingerprint density at radius 2 is 2.16 bits per heavy atom. The standard InChI is InChI=1S/C13H16FN3OS/c1-4-17-9(2)15-16-13(17)19-8-10-5-6-12(18-3)11(14)7-10/h5-7H,4,8H2,1-3H3. The molecule has 0 aliphatic carbocycles. The summed E-state index contributed by atoms with van der Waals surface area (Å²) in [5.74, 6) is 1.47. The summed E-state index contributed by atoms with van der Waals surface area (Å²) in [5.41, 5.74) is 0.895. The summed E-state index contributed by atoms with van der Waals surface area (Å²) in [7, 11) is 1.46. The lowest BCUT2D eigenvalue weighted by atomic mass is 10.2. The molecular weight excluding hydrogens is 265 g/mol. The maximum atomic E-state index is 13.6. The Morgan fingerprint density at radius 1 is 1.37 bits per heavy atom. The molecule has 102 valence electrons. The van der Waals surface area contributed by atoms with Gasteiger partial charge in [-0.2, -0.15) is 0 Å². The highest BCUT2D eigenvalue weighted by Crippen LogP contribution is 2.24. The zero-order valence-electron chi connectivity index (χ0n) is 11.2. The number of halogens is 1. The summed E-state index contributed by atoms with van der Waals surface area (Å²) in [6.07, 6.45) is 0. The monoisotopic (exact) mass is 281 g/mol. The fourth-order valence-corrected chi connectivity index (χ4v) is 2.77. The molecule has 19 heavy (non-hydrogen) atoms. The topological polar surface area (TPSA) is 39.9 Å². The summed E-state index contributed by atoms with van der Waals surface area (Å²) < 4.78 is 20.5. The lowest BCUT2D eigenvalue weighted by Crippen LogP contribution is -1.99. The van der Waals surface area contributed by atoms with E-state index < -0.39 is 0 Å². The molecule has 1 aromatic heterocycles. The Morgan fingerprint density at radius 3 is 2.79 bits per heavy atom. The molecule has 0 radical (unpaired) electrons. The average Bonchev–Trinajstić information content (AvgIpc) is 2.77. The molecule has 1 heterocycles. The van der Waals surface area contributed by atoms with Crippen molar-refractivity contribution in [3.05, 3.63) is 35.4 Å². The maximum Gasteiger partial charge on any atom is 0.191 e. The van der Waals surface area contributed by atoms with Crippen LogP contribution in [0.5, 0.6) is 5.75 Å². The third kappa shape index (κ3) is 3.07. The van der Waals surface area contributed by atoms with Crippen LogP contribution in [-0.2, 0) is 12.3 Å². The number of hydrogen-bond acceptors (Lipinski definition) is 4. The molecule has 0 unspecified atom stereocenters. The number of ether oxygens (including phenoxy) is 1. The largest absolute Gasteiger partial charge is 0.494 e. The van der Waals surface area contributed by atoms with E-state index in [1.807, 2.05) is 24.5 Å². The smallest absolute Gasteiger partial charge is 0.191 e. The lowest BCUT2D eigenvalue weighted by Gasteiger charge is -2.06. The quantitative estimate of drug-likeness (QED) is 0.790. The number of rotatable bonds is 5. The first-order valence-corrected chi connectivity index (χ1v) is 6.99. The maximum absolute atomic E-state index is 13.6. The second-order valence-corrected chi connectivity index (χ2v) is 4.97. The minimum atomic E-state index is -0.339. The van der Waals surface area contributed by atoms with E-state index >= 15 is 0 Å². The van der Waals surface area contributed by atoms with E-state index in [4.69, 9.17) is 4.74 Å². The van der Waals surface area contributed by atoms with Crippen LogP contribution in [0.15, 0.2) is 23.4 Å². The van der Waals surface area contributed by atoms with Crippen molar-refractivity contribution < 1.29 is 9.13 Å². The molecule has 0 spiro atoms. The van der Waals surface area contributed by atoms with Crippen LogP contribution in [0.2, 0.25) is 0 Å². The van der Waals surface area contributed by atoms with Crippen LogP contribution < -0.4 is 4.74 Å². The molecule has 2 rings (SSSR count). The van der Waals surface area contributed by atoms with Gasteiger partial charge in [0.1, 0.15) is 5.82 Å². The van der Waals surface area contributed by atoms with Crippen molar-refractivity contribution in [3.8, 4) is 5.75 Å². The van der Waals surface area contributed by atoms with E-state index in [1.54, 1.807) is 17.8 Å². The molecule has 0 bridgehead atoms. The lowest BCUT2D eigenvalue weighted by molar-refractivity contribution is 0.386. The van der Waals surface area contributed by atoms with Crippen molar-refractivity contribution >= 4 is 11.8 Å². The van der Waals surface area contributed by atoms with Crippen LogP contribution in [-0.4, -0.2) is 21.9 Å². The summed E-state index contributed by atoms with van der Waals surface area (Å²) >= 11 is 1.55. The van der Waals surface area contributed by atoms with E-state index in [-0.39, 0.29) is 11.6 Å². The summed E-state index contributed by atoms with van der Waals surface area (Å²) in [5, 5.41) is 9.02. The predicted octanol–water partition coefficient (Wildman–Crippen LogP) is 3.05. The SMILES string of the molecule is CCn1c(C)nnc1SCc1ccc(OC)c(F)c1. The van der Waals surface area contributed by atoms with Gasteiger partial charge in [0.15, 0.2) is 16.7 Å². The van der Waals surface area contributed by atoms with Gasteiger partial charge in [-0.3, -0.25) is 0 Å². The Kier molecular flexibility index (Phi) is 4.42. The van der Waals surface area contributed by atoms with Crippen LogP contribution in [0.25, 0.3) is 0 Å². The highest BCUT2D eigenvalue weighted by atomic mass is 32.2. The molecule has 0 atom stereocenters. The second-order valence-electron chi connectivity index (χ2n) is 4.03. The normalized spacial score (nSPS) is 10.7. The molecule has 0 aliphatic heterocycles. The molecule has 0 N–H and O–H groups in total. The van der Waals surface area contributed by atoms with E-state index in [1.165, 1.54) is 13.2 Å². The highest BCUT2D eigenvalue weighted by molar-refractivity contribution is 7.98. The van der Waals surface area contributed by atoms with Crippen LogP contribution in [0, 0.1) is 12.7 Å². The Bertz CT molecular complexity index is 571. The van der Waals surface area contributed by atoms with E-state index in [2.05, 4.69) is 10.2 Å². The summed E-state index contributed by atoms with van der Waals surface area (Å²) in [6, 6.07) is 4.99. The molecule has 0 saturated carbocycles. The van der Waals surface area contributed by atoms with Gasteiger partial charge in [0.25, 0.3) is 0 Å².